The molecule has 2 aromatic carbocycles. The Labute approximate surface area is 210 Å². The largest absolute Gasteiger partial charge is 0.454 e. The predicted octanol–water partition coefficient (Wildman–Crippen LogP) is 4.43. The van der Waals surface area contributed by atoms with Crippen LogP contribution in [0, 0.1) is 11.6 Å². The van der Waals surface area contributed by atoms with Gasteiger partial charge in [-0.15, -0.1) is 0 Å². The number of methoxy groups -OCH3 is 1. The van der Waals surface area contributed by atoms with Crippen molar-refractivity contribution in [1.29, 1.82) is 0 Å². The Morgan fingerprint density at radius 1 is 1.11 bits per heavy atom. The number of pyridine rings is 1. The van der Waals surface area contributed by atoms with E-state index >= 15 is 4.39 Å². The Bertz CT molecular complexity index is 1450. The lowest BCUT2D eigenvalue weighted by Crippen LogP contribution is -2.61. The summed E-state index contributed by atoms with van der Waals surface area (Å²) in [7, 11) is 1.63. The van der Waals surface area contributed by atoms with Crippen molar-refractivity contribution in [3.8, 4) is 17.2 Å². The van der Waals surface area contributed by atoms with Crippen LogP contribution in [0.3, 0.4) is 0 Å². The number of benzene rings is 2. The topological polar surface area (TPSA) is 74.4 Å². The Morgan fingerprint density at radius 2 is 1.86 bits per heavy atom. The molecular formula is C25H22ClF2N5O3. The highest BCUT2D eigenvalue weighted by atomic mass is 35.5. The molecule has 3 heterocycles. The lowest BCUT2D eigenvalue weighted by Gasteiger charge is -2.47. The first-order valence-electron chi connectivity index (χ1n) is 11.1. The molecule has 0 aliphatic carbocycles. The molecule has 0 saturated carbocycles. The molecule has 0 atom stereocenters. The number of halogens is 3. The summed E-state index contributed by atoms with van der Waals surface area (Å²) < 4.78 is 42.7. The van der Waals surface area contributed by atoms with Gasteiger partial charge in [0, 0.05) is 30.0 Å². The van der Waals surface area contributed by atoms with Gasteiger partial charge in [0.15, 0.2) is 11.6 Å². The van der Waals surface area contributed by atoms with E-state index in [1.165, 1.54) is 40.0 Å². The zero-order valence-electron chi connectivity index (χ0n) is 19.5. The second-order valence-electron chi connectivity index (χ2n) is 8.71. The van der Waals surface area contributed by atoms with Gasteiger partial charge in [0.2, 0.25) is 5.82 Å². The molecule has 1 fully saturated rings. The number of hydrogen-bond donors (Lipinski definition) is 0. The van der Waals surface area contributed by atoms with Crippen LogP contribution < -0.4 is 15.3 Å². The normalized spacial score (nSPS) is 14.5. The molecule has 8 nitrogen and oxygen atoms in total. The van der Waals surface area contributed by atoms with E-state index in [4.69, 9.17) is 21.1 Å². The van der Waals surface area contributed by atoms with Gasteiger partial charge in [0.25, 0.3) is 0 Å². The highest BCUT2D eigenvalue weighted by molar-refractivity contribution is 6.31. The molecule has 0 N–H and O–H groups in total. The Morgan fingerprint density at radius 3 is 2.56 bits per heavy atom. The highest BCUT2D eigenvalue weighted by Gasteiger charge is 2.41. The van der Waals surface area contributed by atoms with Crippen molar-refractivity contribution < 1.29 is 18.3 Å². The molecule has 4 aromatic rings. The molecule has 1 aliphatic heterocycles. The van der Waals surface area contributed by atoms with E-state index in [1.54, 1.807) is 42.3 Å². The second kappa shape index (κ2) is 9.36. The maximum absolute atomic E-state index is 15.1. The molecular weight excluding hydrogens is 492 g/mol. The summed E-state index contributed by atoms with van der Waals surface area (Å²) in [6.45, 7) is 2.94. The molecule has 5 rings (SSSR count). The highest BCUT2D eigenvalue weighted by Crippen LogP contribution is 2.34. The summed E-state index contributed by atoms with van der Waals surface area (Å²) in [6, 6.07) is 12.2. The standard InChI is InChI=1S/C25H22ClF2N5O3/c1-25(35-2)13-32(14-25)23-22(28)21(10-11-29-23)36-17-8-6-16(7-9-17)33-24(34)31(15-30-33)12-18-19(26)4-3-5-20(18)27/h3-11,15H,12-14H2,1-2H3. The molecule has 36 heavy (non-hydrogen) atoms. The minimum Gasteiger partial charge on any atom is -0.454 e. The quantitative estimate of drug-likeness (QED) is 0.364. The molecule has 2 aromatic heterocycles. The molecule has 0 bridgehead atoms. The lowest BCUT2D eigenvalue weighted by molar-refractivity contribution is -0.0174. The van der Waals surface area contributed by atoms with Crippen molar-refractivity contribution >= 4 is 17.4 Å². The third-order valence-corrected chi connectivity index (χ3v) is 6.47. The van der Waals surface area contributed by atoms with Crippen molar-refractivity contribution in [1.82, 2.24) is 19.3 Å². The van der Waals surface area contributed by atoms with Crippen molar-refractivity contribution in [3.05, 3.63) is 93.8 Å². The van der Waals surface area contributed by atoms with Gasteiger partial charge < -0.3 is 14.4 Å². The minimum absolute atomic E-state index is 0.0296. The fourth-order valence-corrected chi connectivity index (χ4v) is 4.23. The summed E-state index contributed by atoms with van der Waals surface area (Å²) in [6.07, 6.45) is 2.80. The van der Waals surface area contributed by atoms with Gasteiger partial charge in [-0.2, -0.15) is 14.2 Å². The van der Waals surface area contributed by atoms with Crippen molar-refractivity contribution in [2.24, 2.45) is 0 Å². The van der Waals surface area contributed by atoms with Gasteiger partial charge in [0.1, 0.15) is 17.9 Å². The number of hydrogen-bond acceptors (Lipinski definition) is 6. The van der Waals surface area contributed by atoms with E-state index in [0.717, 1.165) is 0 Å². The van der Waals surface area contributed by atoms with Gasteiger partial charge in [-0.25, -0.2) is 14.2 Å². The van der Waals surface area contributed by atoms with Crippen molar-refractivity contribution in [3.63, 3.8) is 0 Å². The number of rotatable bonds is 7. The molecule has 1 saturated heterocycles. The van der Waals surface area contributed by atoms with Crippen LogP contribution in [0.25, 0.3) is 5.69 Å². The van der Waals surface area contributed by atoms with Crippen LogP contribution in [0.2, 0.25) is 5.02 Å². The van der Waals surface area contributed by atoms with Gasteiger partial charge in [0.05, 0.1) is 30.9 Å². The first kappa shape index (κ1) is 24.0. The predicted molar refractivity (Wildman–Crippen MR) is 130 cm³/mol. The van der Waals surface area contributed by atoms with Gasteiger partial charge in [-0.3, -0.25) is 4.57 Å². The zero-order valence-corrected chi connectivity index (χ0v) is 20.2. The monoisotopic (exact) mass is 513 g/mol. The van der Waals surface area contributed by atoms with Crippen molar-refractivity contribution in [2.75, 3.05) is 25.1 Å². The van der Waals surface area contributed by atoms with Crippen LogP contribution in [0.15, 0.2) is 65.8 Å². The van der Waals surface area contributed by atoms with E-state index in [-0.39, 0.29) is 34.3 Å². The summed E-state index contributed by atoms with van der Waals surface area (Å²) in [5.74, 6) is -0.475. The smallest absolute Gasteiger partial charge is 0.350 e. The van der Waals surface area contributed by atoms with Crippen LogP contribution in [0.1, 0.15) is 12.5 Å². The molecule has 11 heteroatoms. The van der Waals surface area contributed by atoms with Crippen LogP contribution in [-0.2, 0) is 11.3 Å². The van der Waals surface area contributed by atoms with Crippen LogP contribution in [0.4, 0.5) is 14.6 Å². The lowest BCUT2D eigenvalue weighted by atomic mass is 9.96. The molecule has 186 valence electrons. The number of anilines is 1. The third kappa shape index (κ3) is 4.45. The average Bonchev–Trinajstić information content (AvgIpc) is 3.21. The third-order valence-electron chi connectivity index (χ3n) is 6.11. The van der Waals surface area contributed by atoms with E-state index in [1.807, 2.05) is 6.92 Å². The zero-order chi connectivity index (χ0) is 25.4. The van der Waals surface area contributed by atoms with Gasteiger partial charge in [-0.1, -0.05) is 17.7 Å². The van der Waals surface area contributed by atoms with E-state index < -0.39 is 17.3 Å². The number of ether oxygens (including phenoxy) is 2. The molecule has 0 spiro atoms. The Kier molecular flexibility index (Phi) is 6.23. The SMILES string of the molecule is COC1(C)CN(c2nccc(Oc3ccc(-n4ncn(Cc5c(F)cccc5Cl)c4=O)cc3)c2F)C1. The molecule has 0 radical (unpaired) electrons. The summed E-state index contributed by atoms with van der Waals surface area (Å²) >= 11 is 6.07. The Hall–Kier alpha value is -3.76. The van der Waals surface area contributed by atoms with Crippen LogP contribution >= 0.6 is 11.6 Å². The van der Waals surface area contributed by atoms with Gasteiger partial charge in [-0.05, 0) is 43.3 Å². The van der Waals surface area contributed by atoms with Crippen LogP contribution in [-0.4, -0.2) is 45.1 Å². The Balaban J connectivity index is 1.32. The van der Waals surface area contributed by atoms with Gasteiger partial charge >= 0.3 is 5.69 Å². The molecule has 0 unspecified atom stereocenters. The fraction of sp³-hybridized carbons (Fsp3) is 0.240. The summed E-state index contributed by atoms with van der Waals surface area (Å²) in [4.78, 5) is 18.7. The van der Waals surface area contributed by atoms with Crippen LogP contribution in [0.5, 0.6) is 11.5 Å². The average molecular weight is 514 g/mol. The number of nitrogens with zero attached hydrogens (tertiary/aromatic N) is 5. The fourth-order valence-electron chi connectivity index (χ4n) is 4.01. The molecule has 0 amide bonds. The van der Waals surface area contributed by atoms with E-state index in [0.29, 0.717) is 24.5 Å². The number of aromatic nitrogens is 4. The summed E-state index contributed by atoms with van der Waals surface area (Å²) in [5, 5.41) is 4.34. The first-order chi connectivity index (χ1) is 17.3. The second-order valence-corrected chi connectivity index (χ2v) is 9.11. The first-order valence-corrected chi connectivity index (χ1v) is 11.5. The molecule has 1 aliphatic rings. The van der Waals surface area contributed by atoms with E-state index in [9.17, 15) is 9.18 Å². The summed E-state index contributed by atoms with van der Waals surface area (Å²) in [5.41, 5.74) is -0.132. The van der Waals surface area contributed by atoms with E-state index in [2.05, 4.69) is 10.1 Å². The van der Waals surface area contributed by atoms with Crippen molar-refractivity contribution in [2.45, 2.75) is 19.1 Å². The minimum atomic E-state index is -0.568. The maximum atomic E-state index is 15.1. The maximum Gasteiger partial charge on any atom is 0.350 e.